The van der Waals surface area contributed by atoms with Crippen molar-refractivity contribution in [3.63, 3.8) is 0 Å². The lowest BCUT2D eigenvalue weighted by molar-refractivity contribution is 0.277. The minimum absolute atomic E-state index is 0.158. The maximum absolute atomic E-state index is 12.5. The van der Waals surface area contributed by atoms with Gasteiger partial charge in [-0.1, -0.05) is 11.6 Å². The first-order valence-electron chi connectivity index (χ1n) is 8.84. The first-order chi connectivity index (χ1) is 13.3. The van der Waals surface area contributed by atoms with Crippen molar-refractivity contribution in [2.75, 3.05) is 29.9 Å². The molecule has 4 rings (SSSR count). The predicted octanol–water partition coefficient (Wildman–Crippen LogP) is 1.88. The third-order valence-corrected chi connectivity index (χ3v) is 6.63. The van der Waals surface area contributed by atoms with E-state index in [4.69, 9.17) is 11.6 Å². The van der Waals surface area contributed by atoms with Crippen molar-refractivity contribution in [3.05, 3.63) is 57.9 Å². The number of sulfone groups is 1. The van der Waals surface area contributed by atoms with E-state index in [0.29, 0.717) is 36.0 Å². The van der Waals surface area contributed by atoms with Crippen LogP contribution in [0.3, 0.4) is 0 Å². The number of aromatic nitrogens is 3. The van der Waals surface area contributed by atoms with Crippen LogP contribution in [0, 0.1) is 0 Å². The Hall–Kier alpha value is -2.20. The number of aryl methyl sites for hydroxylation is 1. The third kappa shape index (κ3) is 3.97. The standard InChI is InChI=1S/C18H20ClN5O3S/c1-22-12-16(20-14-4-2-13(19)3-5-14)17-21-15(11-24(17)18(22)25)10-23-6-8-28(26,27)9-7-23/h2-5,11-12,20H,6-10H2,1H3. The first-order valence-corrected chi connectivity index (χ1v) is 11.0. The molecule has 2 aromatic heterocycles. The molecule has 1 saturated heterocycles. The van der Waals surface area contributed by atoms with Gasteiger partial charge in [0.25, 0.3) is 0 Å². The number of hydrogen-bond acceptors (Lipinski definition) is 6. The molecule has 148 valence electrons. The van der Waals surface area contributed by atoms with Gasteiger partial charge in [0.2, 0.25) is 0 Å². The number of benzene rings is 1. The van der Waals surface area contributed by atoms with Crippen molar-refractivity contribution in [3.8, 4) is 0 Å². The summed E-state index contributed by atoms with van der Waals surface area (Å²) < 4.78 is 26.2. The van der Waals surface area contributed by atoms with Gasteiger partial charge in [-0.05, 0) is 24.3 Å². The largest absolute Gasteiger partial charge is 0.615 e. The molecule has 1 aliphatic heterocycles. The van der Waals surface area contributed by atoms with Crippen LogP contribution in [-0.4, -0.2) is 48.0 Å². The molecule has 1 N–H and O–H groups in total. The summed E-state index contributed by atoms with van der Waals surface area (Å²) in [6.07, 6.45) is 3.42. The highest BCUT2D eigenvalue weighted by Gasteiger charge is 2.25. The van der Waals surface area contributed by atoms with E-state index < -0.39 is 10.2 Å². The molecule has 0 radical (unpaired) electrons. The average Bonchev–Trinajstić information content (AvgIpc) is 3.07. The number of anilines is 2. The van der Waals surface area contributed by atoms with Crippen LogP contribution < -0.4 is 11.0 Å². The molecule has 1 aromatic carbocycles. The highest BCUT2D eigenvalue weighted by atomic mass is 35.5. The van der Waals surface area contributed by atoms with Gasteiger partial charge in [0.1, 0.15) is 11.5 Å². The molecule has 1 aliphatic rings. The van der Waals surface area contributed by atoms with Gasteiger partial charge in [-0.2, -0.15) is 0 Å². The Labute approximate surface area is 168 Å². The van der Waals surface area contributed by atoms with E-state index in [2.05, 4.69) is 10.3 Å². The van der Waals surface area contributed by atoms with Crippen LogP contribution in [0.4, 0.5) is 11.4 Å². The predicted molar refractivity (Wildman–Crippen MR) is 109 cm³/mol. The molecule has 3 aromatic rings. The lowest BCUT2D eigenvalue weighted by atomic mass is 10.3. The molecule has 8 nitrogen and oxygen atoms in total. The van der Waals surface area contributed by atoms with Gasteiger partial charge in [-0.15, -0.1) is 4.21 Å². The summed E-state index contributed by atoms with van der Waals surface area (Å²) in [4.78, 5) is 19.2. The maximum Gasteiger partial charge on any atom is 0.333 e. The Bertz CT molecular complexity index is 1110. The van der Waals surface area contributed by atoms with Crippen molar-refractivity contribution in [2.45, 2.75) is 6.54 Å². The fourth-order valence-electron chi connectivity index (χ4n) is 3.23. The highest BCUT2D eigenvalue weighted by molar-refractivity contribution is 7.97. The normalized spacial score (nSPS) is 17.1. The van der Waals surface area contributed by atoms with E-state index in [1.165, 1.54) is 8.97 Å². The summed E-state index contributed by atoms with van der Waals surface area (Å²) in [6.45, 7) is 1.45. The zero-order valence-electron chi connectivity index (χ0n) is 15.3. The minimum Gasteiger partial charge on any atom is -0.615 e. The van der Waals surface area contributed by atoms with Gasteiger partial charge in [0, 0.05) is 60.0 Å². The molecule has 0 spiro atoms. The van der Waals surface area contributed by atoms with Crippen LogP contribution in [0.15, 0.2) is 41.5 Å². The number of nitrogens with one attached hydrogen (secondary N) is 1. The summed E-state index contributed by atoms with van der Waals surface area (Å²) in [7, 11) is -1.24. The topological polar surface area (TPSA) is 94.7 Å². The number of imidazole rings is 1. The monoisotopic (exact) mass is 421 g/mol. The zero-order chi connectivity index (χ0) is 19.9. The van der Waals surface area contributed by atoms with Gasteiger partial charge in [-0.3, -0.25) is 4.90 Å². The second kappa shape index (κ2) is 7.32. The van der Waals surface area contributed by atoms with Crippen molar-refractivity contribution < 1.29 is 8.76 Å². The summed E-state index contributed by atoms with van der Waals surface area (Å²) in [5.74, 6) is 0.316. The molecule has 0 atom stereocenters. The Morgan fingerprint density at radius 1 is 1.21 bits per heavy atom. The molecule has 1 fully saturated rings. The Balaban J connectivity index is 1.64. The van der Waals surface area contributed by atoms with Crippen LogP contribution in [0.5, 0.6) is 0 Å². The van der Waals surface area contributed by atoms with E-state index in [1.807, 2.05) is 17.0 Å². The number of halogens is 1. The fraction of sp³-hybridized carbons (Fsp3) is 0.333. The molecule has 0 saturated carbocycles. The Kier molecular flexibility index (Phi) is 5.00. The second-order valence-electron chi connectivity index (χ2n) is 6.92. The fourth-order valence-corrected chi connectivity index (χ4v) is 4.63. The van der Waals surface area contributed by atoms with Crippen molar-refractivity contribution >= 4 is 38.8 Å². The van der Waals surface area contributed by atoms with Crippen molar-refractivity contribution in [1.29, 1.82) is 0 Å². The molecule has 0 aliphatic carbocycles. The lowest BCUT2D eigenvalue weighted by Gasteiger charge is -2.29. The smallest absolute Gasteiger partial charge is 0.333 e. The van der Waals surface area contributed by atoms with E-state index in [9.17, 15) is 13.6 Å². The summed E-state index contributed by atoms with van der Waals surface area (Å²) >= 11 is 5.94. The number of fused-ring (bicyclic) bond motifs is 1. The summed E-state index contributed by atoms with van der Waals surface area (Å²) in [6, 6.07) is 7.26. The van der Waals surface area contributed by atoms with E-state index in [-0.39, 0.29) is 17.2 Å². The number of nitrogens with zero attached hydrogens (tertiary/aromatic N) is 4. The SMILES string of the molecule is Cn1cc(Nc2ccc(Cl)cc2)c2nc(CN3CC[S+](=O)([O-])CC3)cn2c1=O. The quantitative estimate of drug-likeness (QED) is 0.646. The van der Waals surface area contributed by atoms with Crippen molar-refractivity contribution in [1.82, 2.24) is 18.9 Å². The Morgan fingerprint density at radius 2 is 1.89 bits per heavy atom. The van der Waals surface area contributed by atoms with Gasteiger partial charge < -0.3 is 14.4 Å². The molecule has 0 bridgehead atoms. The average molecular weight is 422 g/mol. The van der Waals surface area contributed by atoms with Crippen LogP contribution in [0.25, 0.3) is 5.65 Å². The minimum atomic E-state index is -2.93. The summed E-state index contributed by atoms with van der Waals surface area (Å²) in [5.41, 5.74) is 2.57. The molecule has 0 unspecified atom stereocenters. The Morgan fingerprint density at radius 3 is 2.57 bits per heavy atom. The van der Waals surface area contributed by atoms with E-state index >= 15 is 0 Å². The van der Waals surface area contributed by atoms with Gasteiger partial charge in [-0.25, -0.2) is 14.2 Å². The van der Waals surface area contributed by atoms with Crippen LogP contribution in [0.2, 0.25) is 5.02 Å². The van der Waals surface area contributed by atoms with Crippen LogP contribution >= 0.6 is 11.6 Å². The molecular weight excluding hydrogens is 402 g/mol. The highest BCUT2D eigenvalue weighted by Crippen LogP contribution is 2.22. The molecule has 0 amide bonds. The van der Waals surface area contributed by atoms with Crippen molar-refractivity contribution in [2.24, 2.45) is 7.05 Å². The van der Waals surface area contributed by atoms with E-state index in [0.717, 1.165) is 11.4 Å². The maximum atomic E-state index is 12.5. The lowest BCUT2D eigenvalue weighted by Crippen LogP contribution is -2.42. The van der Waals surface area contributed by atoms with Crippen LogP contribution in [-0.2, 0) is 28.0 Å². The summed E-state index contributed by atoms with van der Waals surface area (Å²) in [5, 5.41) is 3.92. The zero-order valence-corrected chi connectivity index (χ0v) is 16.9. The number of rotatable bonds is 4. The number of hydrogen-bond donors (Lipinski definition) is 1. The first kappa shape index (κ1) is 19.1. The van der Waals surface area contributed by atoms with Gasteiger partial charge in [0.05, 0.1) is 11.4 Å². The van der Waals surface area contributed by atoms with Crippen LogP contribution in [0.1, 0.15) is 5.69 Å². The third-order valence-electron chi connectivity index (χ3n) is 4.77. The second-order valence-corrected chi connectivity index (χ2v) is 9.66. The molecule has 28 heavy (non-hydrogen) atoms. The molecule has 3 heterocycles. The molecule has 10 heteroatoms. The van der Waals surface area contributed by atoms with Gasteiger partial charge in [0.15, 0.2) is 5.65 Å². The molecular formula is C18H20ClN5O3S. The van der Waals surface area contributed by atoms with Gasteiger partial charge >= 0.3 is 5.69 Å². The van der Waals surface area contributed by atoms with E-state index in [1.54, 1.807) is 31.6 Å².